The number of carbonyl (C=O) groups excluding carboxylic acids is 1. The van der Waals surface area contributed by atoms with Crippen molar-refractivity contribution < 1.29 is 4.79 Å². The van der Waals surface area contributed by atoms with Gasteiger partial charge in [0.2, 0.25) is 0 Å². The molecule has 1 heterocycles. The number of nitrogens with one attached hydrogen (secondary N) is 1. The van der Waals surface area contributed by atoms with Gasteiger partial charge in [-0.15, -0.1) is 11.3 Å². The molecule has 6 heteroatoms. The summed E-state index contributed by atoms with van der Waals surface area (Å²) in [6, 6.07) is 6.67. The van der Waals surface area contributed by atoms with Crippen molar-refractivity contribution >= 4 is 62.1 Å². The van der Waals surface area contributed by atoms with Gasteiger partial charge in [-0.2, -0.15) is 0 Å². The van der Waals surface area contributed by atoms with Crippen LogP contribution in [0.3, 0.4) is 0 Å². The molecule has 0 spiro atoms. The molecule has 0 saturated carbocycles. The zero-order chi connectivity index (χ0) is 12.4. The smallest absolute Gasteiger partial charge is 0.256 e. The first-order valence-electron chi connectivity index (χ1n) is 4.56. The quantitative estimate of drug-likeness (QED) is 0.804. The van der Waals surface area contributed by atoms with E-state index in [1.165, 1.54) is 11.3 Å². The highest BCUT2D eigenvalue weighted by Gasteiger charge is 2.10. The van der Waals surface area contributed by atoms with E-state index in [-0.39, 0.29) is 5.91 Å². The lowest BCUT2D eigenvalue weighted by molar-refractivity contribution is 0.102. The third-order valence-electron chi connectivity index (χ3n) is 2.01. The normalized spacial score (nSPS) is 10.3. The molecule has 2 aromatic rings. The van der Waals surface area contributed by atoms with Gasteiger partial charge in [0.1, 0.15) is 0 Å². The Kier molecular flexibility index (Phi) is 4.09. The van der Waals surface area contributed by atoms with Crippen LogP contribution < -0.4 is 5.32 Å². The molecule has 2 nitrogen and oxygen atoms in total. The van der Waals surface area contributed by atoms with Gasteiger partial charge in [0.25, 0.3) is 5.91 Å². The van der Waals surface area contributed by atoms with Crippen molar-refractivity contribution in [1.29, 1.82) is 0 Å². The van der Waals surface area contributed by atoms with E-state index in [1.807, 2.05) is 0 Å². The Balaban J connectivity index is 2.21. The van der Waals surface area contributed by atoms with Gasteiger partial charge in [-0.25, -0.2) is 0 Å². The minimum atomic E-state index is -0.212. The fourth-order valence-corrected chi connectivity index (χ4v) is 2.69. The molecule has 0 aliphatic heterocycles. The zero-order valence-corrected chi connectivity index (χ0v) is 12.3. The van der Waals surface area contributed by atoms with E-state index in [4.69, 9.17) is 23.2 Å². The molecular weight excluding hydrogens is 345 g/mol. The van der Waals surface area contributed by atoms with E-state index in [2.05, 4.69) is 21.2 Å². The fourth-order valence-electron chi connectivity index (χ4n) is 1.22. The molecule has 0 fully saturated rings. The summed E-state index contributed by atoms with van der Waals surface area (Å²) < 4.78 is 0.903. The summed E-state index contributed by atoms with van der Waals surface area (Å²) in [5, 5.41) is 5.45. The zero-order valence-electron chi connectivity index (χ0n) is 8.34. The first-order valence-corrected chi connectivity index (χ1v) is 6.99. The number of amides is 1. The molecule has 1 aromatic carbocycles. The van der Waals surface area contributed by atoms with Gasteiger partial charge in [-0.1, -0.05) is 23.2 Å². The fraction of sp³-hybridized carbons (Fsp3) is 0. The number of rotatable bonds is 2. The summed E-state index contributed by atoms with van der Waals surface area (Å²) in [6.45, 7) is 0. The average Bonchev–Trinajstić information content (AvgIpc) is 2.70. The molecule has 0 atom stereocenters. The van der Waals surface area contributed by atoms with Gasteiger partial charge in [0.15, 0.2) is 0 Å². The molecule has 1 N–H and O–H groups in total. The third-order valence-corrected chi connectivity index (χ3v) is 4.08. The molecule has 0 bridgehead atoms. The lowest BCUT2D eigenvalue weighted by Crippen LogP contribution is -2.11. The largest absolute Gasteiger partial charge is 0.321 e. The van der Waals surface area contributed by atoms with E-state index in [0.717, 1.165) is 3.79 Å². The summed E-state index contributed by atoms with van der Waals surface area (Å²) in [6.07, 6.45) is 0. The van der Waals surface area contributed by atoms with Crippen LogP contribution in [0.4, 0.5) is 5.69 Å². The average molecular weight is 351 g/mol. The molecule has 0 unspecified atom stereocenters. The SMILES string of the molecule is O=C(Nc1cc(Cl)ccc1Cl)c1csc(Br)c1. The maximum Gasteiger partial charge on any atom is 0.256 e. The second-order valence-corrected chi connectivity index (χ2v) is 6.35. The van der Waals surface area contributed by atoms with E-state index in [9.17, 15) is 4.79 Å². The number of carbonyl (C=O) groups is 1. The Hall–Kier alpha value is -0.550. The van der Waals surface area contributed by atoms with Crippen molar-refractivity contribution in [3.63, 3.8) is 0 Å². The minimum Gasteiger partial charge on any atom is -0.321 e. The number of hydrogen-bond donors (Lipinski definition) is 1. The standard InChI is InChI=1S/C11H6BrCl2NOS/c12-10-3-6(5-17-10)11(16)15-9-4-7(13)1-2-8(9)14/h1-5H,(H,15,16). The molecule has 17 heavy (non-hydrogen) atoms. The first-order chi connectivity index (χ1) is 8.06. The van der Waals surface area contributed by atoms with E-state index in [1.54, 1.807) is 29.6 Å². The lowest BCUT2D eigenvalue weighted by atomic mass is 10.3. The highest BCUT2D eigenvalue weighted by Crippen LogP contribution is 2.27. The highest BCUT2D eigenvalue weighted by atomic mass is 79.9. The third kappa shape index (κ3) is 3.22. The van der Waals surface area contributed by atoms with Crippen molar-refractivity contribution in [1.82, 2.24) is 0 Å². The predicted molar refractivity (Wildman–Crippen MR) is 76.4 cm³/mol. The predicted octanol–water partition coefficient (Wildman–Crippen LogP) is 5.07. The van der Waals surface area contributed by atoms with Crippen LogP contribution in [0.2, 0.25) is 10.0 Å². The second-order valence-electron chi connectivity index (χ2n) is 3.22. The Morgan fingerprint density at radius 2 is 2.06 bits per heavy atom. The number of benzene rings is 1. The van der Waals surface area contributed by atoms with E-state index < -0.39 is 0 Å². The summed E-state index contributed by atoms with van der Waals surface area (Å²) in [7, 11) is 0. The summed E-state index contributed by atoms with van der Waals surface area (Å²) in [4.78, 5) is 11.9. The van der Waals surface area contributed by atoms with Crippen molar-refractivity contribution in [3.8, 4) is 0 Å². The van der Waals surface area contributed by atoms with Crippen LogP contribution in [0, 0.1) is 0 Å². The molecule has 0 aliphatic carbocycles. The maximum absolute atomic E-state index is 11.9. The van der Waals surface area contributed by atoms with Gasteiger partial charge in [-0.3, -0.25) is 4.79 Å². The lowest BCUT2D eigenvalue weighted by Gasteiger charge is -2.06. The van der Waals surface area contributed by atoms with Crippen LogP contribution in [0.1, 0.15) is 10.4 Å². The van der Waals surface area contributed by atoms with Crippen molar-refractivity contribution in [2.45, 2.75) is 0 Å². The van der Waals surface area contributed by atoms with Crippen molar-refractivity contribution in [2.24, 2.45) is 0 Å². The molecule has 0 aliphatic rings. The van der Waals surface area contributed by atoms with Crippen LogP contribution in [0.5, 0.6) is 0 Å². The van der Waals surface area contributed by atoms with Crippen LogP contribution >= 0.6 is 50.5 Å². The molecule has 2 rings (SSSR count). The van der Waals surface area contributed by atoms with Crippen LogP contribution in [-0.4, -0.2) is 5.91 Å². The molecule has 1 aromatic heterocycles. The molecule has 88 valence electrons. The van der Waals surface area contributed by atoms with Gasteiger partial charge >= 0.3 is 0 Å². The van der Waals surface area contributed by atoms with Crippen molar-refractivity contribution in [3.05, 3.63) is 49.0 Å². The van der Waals surface area contributed by atoms with E-state index in [0.29, 0.717) is 21.3 Å². The summed E-state index contributed by atoms with van der Waals surface area (Å²) in [5.41, 5.74) is 1.09. The molecular formula is C11H6BrCl2NOS. The molecule has 0 radical (unpaired) electrons. The summed E-state index contributed by atoms with van der Waals surface area (Å²) >= 11 is 16.5. The van der Waals surface area contributed by atoms with Gasteiger partial charge < -0.3 is 5.32 Å². The summed E-state index contributed by atoms with van der Waals surface area (Å²) in [5.74, 6) is -0.212. The number of halogens is 3. The minimum absolute atomic E-state index is 0.212. The second kappa shape index (κ2) is 5.40. The highest BCUT2D eigenvalue weighted by molar-refractivity contribution is 9.11. The van der Waals surface area contributed by atoms with Crippen molar-refractivity contribution in [2.75, 3.05) is 5.32 Å². The number of anilines is 1. The molecule has 1 amide bonds. The van der Waals surface area contributed by atoms with Crippen LogP contribution in [-0.2, 0) is 0 Å². The van der Waals surface area contributed by atoms with E-state index >= 15 is 0 Å². The molecule has 0 saturated heterocycles. The van der Waals surface area contributed by atoms with Crippen LogP contribution in [0.15, 0.2) is 33.4 Å². The van der Waals surface area contributed by atoms with Crippen LogP contribution in [0.25, 0.3) is 0 Å². The number of hydrogen-bond acceptors (Lipinski definition) is 2. The number of thiophene rings is 1. The topological polar surface area (TPSA) is 29.1 Å². The first kappa shape index (κ1) is 12.9. The Morgan fingerprint density at radius 1 is 1.29 bits per heavy atom. The Morgan fingerprint density at radius 3 is 2.71 bits per heavy atom. The van der Waals surface area contributed by atoms with Gasteiger partial charge in [0, 0.05) is 10.4 Å². The Labute approximate surface area is 121 Å². The Bertz CT molecular complexity index is 570. The monoisotopic (exact) mass is 349 g/mol. The van der Waals surface area contributed by atoms with Gasteiger partial charge in [-0.05, 0) is 40.2 Å². The van der Waals surface area contributed by atoms with Gasteiger partial charge in [0.05, 0.1) is 20.1 Å². The maximum atomic E-state index is 11.9.